The van der Waals surface area contributed by atoms with Gasteiger partial charge in [-0.15, -0.1) is 0 Å². The quantitative estimate of drug-likeness (QED) is 0.450. The molecule has 168 valence electrons. The van der Waals surface area contributed by atoms with Gasteiger partial charge in [-0.1, -0.05) is 48.5 Å². The van der Waals surface area contributed by atoms with Gasteiger partial charge in [0.15, 0.2) is 0 Å². The molecule has 3 aromatic rings. The molecule has 0 radical (unpaired) electrons. The Morgan fingerprint density at radius 2 is 1.70 bits per heavy atom. The number of para-hydroxylation sites is 2. The molecule has 3 aromatic carbocycles. The van der Waals surface area contributed by atoms with Gasteiger partial charge in [-0.25, -0.2) is 4.99 Å². The fourth-order valence-electron chi connectivity index (χ4n) is 3.90. The Morgan fingerprint density at radius 3 is 2.36 bits per heavy atom. The number of fused-ring (bicyclic) bond motifs is 1. The Morgan fingerprint density at radius 1 is 1.03 bits per heavy atom. The van der Waals surface area contributed by atoms with E-state index in [0.717, 1.165) is 28.5 Å². The third-order valence-electron chi connectivity index (χ3n) is 5.49. The van der Waals surface area contributed by atoms with Crippen molar-refractivity contribution in [2.24, 2.45) is 4.99 Å². The summed E-state index contributed by atoms with van der Waals surface area (Å²) in [6.45, 7) is 0.297. The van der Waals surface area contributed by atoms with Crippen LogP contribution in [0.25, 0.3) is 0 Å². The van der Waals surface area contributed by atoms with Gasteiger partial charge >= 0.3 is 0 Å². The summed E-state index contributed by atoms with van der Waals surface area (Å²) < 4.78 is 0. The van der Waals surface area contributed by atoms with Crippen LogP contribution in [0.2, 0.25) is 0 Å². The number of hydrogen-bond acceptors (Lipinski definition) is 6. The van der Waals surface area contributed by atoms with Crippen LogP contribution in [0.3, 0.4) is 0 Å². The average Bonchev–Trinajstić information content (AvgIpc) is 2.83. The zero-order valence-corrected chi connectivity index (χ0v) is 18.5. The van der Waals surface area contributed by atoms with Gasteiger partial charge in [0, 0.05) is 44.0 Å². The van der Waals surface area contributed by atoms with E-state index in [1.54, 1.807) is 12.1 Å². The minimum absolute atomic E-state index is 0.0258. The number of nitrogens with one attached hydrogen (secondary N) is 1. The number of nitrogens with zero attached hydrogens (tertiary/aromatic N) is 4. The number of benzene rings is 3. The molecule has 1 atom stereocenters. The second kappa shape index (κ2) is 9.52. The molecule has 0 spiro atoms. The van der Waals surface area contributed by atoms with Crippen molar-refractivity contribution >= 4 is 28.9 Å². The second-order valence-corrected chi connectivity index (χ2v) is 7.99. The molecule has 0 saturated heterocycles. The van der Waals surface area contributed by atoms with Crippen LogP contribution >= 0.6 is 0 Å². The van der Waals surface area contributed by atoms with Gasteiger partial charge in [-0.05, 0) is 23.8 Å². The topological polar surface area (TPSA) is 91.1 Å². The summed E-state index contributed by atoms with van der Waals surface area (Å²) in [6, 6.07) is 23.7. The highest BCUT2D eigenvalue weighted by molar-refractivity contribution is 6.01. The Kier molecular flexibility index (Phi) is 6.35. The summed E-state index contributed by atoms with van der Waals surface area (Å²) in [4.78, 5) is 32.3. The molecule has 0 fully saturated rings. The summed E-state index contributed by atoms with van der Waals surface area (Å²) in [5.41, 5.74) is 3.61. The van der Waals surface area contributed by atoms with Crippen LogP contribution in [0.15, 0.2) is 83.9 Å². The number of anilines is 1. The highest BCUT2D eigenvalue weighted by atomic mass is 16.6. The van der Waals surface area contributed by atoms with E-state index in [4.69, 9.17) is 4.99 Å². The van der Waals surface area contributed by atoms with E-state index in [0.29, 0.717) is 6.54 Å². The molecule has 33 heavy (non-hydrogen) atoms. The molecule has 1 amide bonds. The van der Waals surface area contributed by atoms with Gasteiger partial charge in [0.25, 0.3) is 5.69 Å². The van der Waals surface area contributed by atoms with Crippen LogP contribution in [0.4, 0.5) is 17.1 Å². The van der Waals surface area contributed by atoms with Crippen molar-refractivity contribution in [2.45, 2.75) is 19.0 Å². The molecule has 1 aliphatic rings. The first-order chi connectivity index (χ1) is 15.9. The monoisotopic (exact) mass is 443 g/mol. The van der Waals surface area contributed by atoms with Crippen LogP contribution in [-0.2, 0) is 11.3 Å². The number of guanidine groups is 1. The maximum absolute atomic E-state index is 13.0. The van der Waals surface area contributed by atoms with E-state index in [-0.39, 0.29) is 24.1 Å². The maximum Gasteiger partial charge on any atom is 0.269 e. The van der Waals surface area contributed by atoms with E-state index in [2.05, 4.69) is 10.2 Å². The number of amides is 1. The number of carbonyl (C=O) groups excluding carboxylic acids is 1. The Balaban J connectivity index is 1.58. The van der Waals surface area contributed by atoms with Gasteiger partial charge in [0.2, 0.25) is 11.9 Å². The van der Waals surface area contributed by atoms with Crippen molar-refractivity contribution in [3.8, 4) is 0 Å². The summed E-state index contributed by atoms with van der Waals surface area (Å²) in [5, 5.41) is 13.8. The number of nitro benzene ring substituents is 1. The molecule has 1 unspecified atom stereocenters. The van der Waals surface area contributed by atoms with E-state index < -0.39 is 4.92 Å². The van der Waals surface area contributed by atoms with Gasteiger partial charge in [0.05, 0.1) is 23.1 Å². The molecule has 1 heterocycles. The smallest absolute Gasteiger partial charge is 0.269 e. The summed E-state index contributed by atoms with van der Waals surface area (Å²) in [6.07, 6.45) is 0.228. The fraction of sp³-hybridized carbons (Fsp3) is 0.200. The van der Waals surface area contributed by atoms with Crippen LogP contribution in [-0.4, -0.2) is 35.8 Å². The predicted molar refractivity (Wildman–Crippen MR) is 128 cm³/mol. The van der Waals surface area contributed by atoms with E-state index in [1.807, 2.05) is 73.6 Å². The lowest BCUT2D eigenvalue weighted by Crippen LogP contribution is -2.46. The number of non-ortho nitro benzene ring substituents is 1. The molecular formula is C25H25N5O3. The Bertz CT molecular complexity index is 1180. The van der Waals surface area contributed by atoms with Gasteiger partial charge in [0.1, 0.15) is 0 Å². The highest BCUT2D eigenvalue weighted by Crippen LogP contribution is 2.39. The number of carbonyl (C=O) groups is 1. The van der Waals surface area contributed by atoms with Gasteiger partial charge in [-0.3, -0.25) is 14.9 Å². The van der Waals surface area contributed by atoms with Crippen molar-refractivity contribution in [3.63, 3.8) is 0 Å². The minimum Gasteiger partial charge on any atom is -0.352 e. The molecule has 0 aliphatic carbocycles. The predicted octanol–water partition coefficient (Wildman–Crippen LogP) is 4.41. The van der Waals surface area contributed by atoms with Crippen LogP contribution in [0.1, 0.15) is 23.6 Å². The maximum atomic E-state index is 13.0. The van der Waals surface area contributed by atoms with Crippen LogP contribution in [0.5, 0.6) is 0 Å². The largest absolute Gasteiger partial charge is 0.352 e. The van der Waals surface area contributed by atoms with Crippen molar-refractivity contribution in [1.29, 1.82) is 0 Å². The van der Waals surface area contributed by atoms with Gasteiger partial charge in [-0.2, -0.15) is 0 Å². The number of aliphatic imine (C=N–C) groups is 1. The SMILES string of the molecule is CN(C)C1=Nc2ccccc2C(CC(=O)NCc2ccc([N+](=O)[O-])cc2)N1c1ccccc1. The molecule has 0 saturated carbocycles. The molecule has 8 heteroatoms. The Labute approximate surface area is 192 Å². The average molecular weight is 444 g/mol. The van der Waals surface area contributed by atoms with Crippen molar-refractivity contribution < 1.29 is 9.72 Å². The van der Waals surface area contributed by atoms with Crippen LogP contribution in [0, 0.1) is 10.1 Å². The fourth-order valence-corrected chi connectivity index (χ4v) is 3.90. The lowest BCUT2D eigenvalue weighted by Gasteiger charge is -2.40. The zero-order valence-electron chi connectivity index (χ0n) is 18.5. The number of nitro groups is 1. The highest BCUT2D eigenvalue weighted by Gasteiger charge is 2.33. The van der Waals surface area contributed by atoms with E-state index in [9.17, 15) is 14.9 Å². The second-order valence-electron chi connectivity index (χ2n) is 7.99. The summed E-state index contributed by atoms with van der Waals surface area (Å²) in [7, 11) is 3.88. The van der Waals surface area contributed by atoms with Gasteiger partial charge < -0.3 is 15.1 Å². The molecule has 1 aliphatic heterocycles. The first kappa shape index (κ1) is 22.0. The molecule has 0 bridgehead atoms. The molecular weight excluding hydrogens is 418 g/mol. The molecule has 8 nitrogen and oxygen atoms in total. The molecule has 4 rings (SSSR count). The number of hydrogen-bond donors (Lipinski definition) is 1. The number of rotatable bonds is 6. The minimum atomic E-state index is -0.440. The normalized spacial score (nSPS) is 14.8. The van der Waals surface area contributed by atoms with E-state index >= 15 is 0 Å². The third kappa shape index (κ3) is 4.85. The van der Waals surface area contributed by atoms with Crippen molar-refractivity contribution in [2.75, 3.05) is 19.0 Å². The summed E-state index contributed by atoms with van der Waals surface area (Å²) >= 11 is 0. The first-order valence-electron chi connectivity index (χ1n) is 10.6. The van der Waals surface area contributed by atoms with Crippen molar-refractivity contribution in [3.05, 3.63) is 100 Å². The Hall–Kier alpha value is -4.20. The van der Waals surface area contributed by atoms with Crippen molar-refractivity contribution in [1.82, 2.24) is 10.2 Å². The third-order valence-corrected chi connectivity index (χ3v) is 5.49. The first-order valence-corrected chi connectivity index (χ1v) is 10.6. The van der Waals surface area contributed by atoms with Crippen LogP contribution < -0.4 is 10.2 Å². The molecule has 0 aromatic heterocycles. The lowest BCUT2D eigenvalue weighted by atomic mass is 9.97. The molecule has 1 N–H and O–H groups in total. The zero-order chi connectivity index (χ0) is 23.4. The lowest BCUT2D eigenvalue weighted by molar-refractivity contribution is -0.384. The van der Waals surface area contributed by atoms with E-state index in [1.165, 1.54) is 12.1 Å². The standard InChI is InChI=1S/C25H25N5O3/c1-28(2)25-27-22-11-7-6-10-21(22)23(29(25)19-8-4-3-5-9-19)16-24(31)26-17-18-12-14-20(15-13-18)30(32)33/h3-15,23H,16-17H2,1-2H3,(H,26,31). The summed E-state index contributed by atoms with van der Waals surface area (Å²) in [5.74, 6) is 0.641.